The summed E-state index contributed by atoms with van der Waals surface area (Å²) in [5.74, 6) is -1.52. The van der Waals surface area contributed by atoms with Crippen LogP contribution in [0, 0.1) is 6.92 Å². The average Bonchev–Trinajstić information content (AvgIpc) is 3.61. The van der Waals surface area contributed by atoms with Crippen molar-refractivity contribution >= 4 is 87.1 Å². The fourth-order valence-corrected chi connectivity index (χ4v) is 6.47. The van der Waals surface area contributed by atoms with Crippen LogP contribution in [0.25, 0.3) is 12.2 Å². The zero-order valence-electron chi connectivity index (χ0n) is 28.9. The van der Waals surface area contributed by atoms with Crippen LogP contribution in [0.3, 0.4) is 0 Å². The second-order valence-corrected chi connectivity index (χ2v) is 13.8. The van der Waals surface area contributed by atoms with Gasteiger partial charge in [-0.15, -0.1) is 0 Å². The molecule has 0 saturated carbocycles. The van der Waals surface area contributed by atoms with E-state index in [4.69, 9.17) is 33.7 Å². The van der Waals surface area contributed by atoms with Gasteiger partial charge in [-0.1, -0.05) is 65.9 Å². The van der Waals surface area contributed by atoms with E-state index in [1.165, 1.54) is 23.9 Å². The van der Waals surface area contributed by atoms with Gasteiger partial charge in [0.2, 0.25) is 0 Å². The number of carbonyl (C=O) groups excluding carboxylic acids is 3. The first kappa shape index (κ1) is 38.6. The number of halogens is 1. The lowest BCUT2D eigenvalue weighted by Crippen LogP contribution is -2.35. The van der Waals surface area contributed by atoms with Crippen LogP contribution >= 0.6 is 35.6 Å². The molecule has 4 aromatic carbocycles. The summed E-state index contributed by atoms with van der Waals surface area (Å²) in [6.07, 6.45) is 3.16. The molecule has 2 aliphatic rings. The summed E-state index contributed by atoms with van der Waals surface area (Å²) in [6.45, 7) is 7.81. The highest BCUT2D eigenvalue weighted by atomic mass is 35.5. The number of carboxylic acids is 1. The van der Waals surface area contributed by atoms with Crippen LogP contribution in [0.5, 0.6) is 11.5 Å². The van der Waals surface area contributed by atoms with Gasteiger partial charge in [0.1, 0.15) is 28.0 Å². The standard InChI is InChI=1S/C21H22ClN3O3.C18H13NO4S2/c1-4-24(5-2)15-9-7-14(19(26)12-15)10-17-20(27)23-25(21(17)28)16-8-6-13(3)18(22)11-16;20-16-15(25-18(24)19-16)9-11-4-6-14(7-5-11)23-10-12-2-1-3-13(8-12)17(21)22/h6-12,26H,4-5H2,1-3H3,(H,23,27);1-9H,10H2,(H,21,22)(H,19,20,24)/b17-10-;15-9+. The maximum Gasteiger partial charge on any atom is 0.335 e. The maximum absolute atomic E-state index is 12.7. The summed E-state index contributed by atoms with van der Waals surface area (Å²) in [4.78, 5) is 50.3. The summed E-state index contributed by atoms with van der Waals surface area (Å²) in [6, 6.07) is 24.2. The molecule has 4 N–H and O–H groups in total. The minimum atomic E-state index is -0.965. The predicted octanol–water partition coefficient (Wildman–Crippen LogP) is 7.11. The van der Waals surface area contributed by atoms with Gasteiger partial charge in [-0.05, 0) is 98.1 Å². The van der Waals surface area contributed by atoms with E-state index in [1.54, 1.807) is 60.7 Å². The number of hydrazine groups is 1. The van der Waals surface area contributed by atoms with Crippen molar-refractivity contribution in [2.24, 2.45) is 0 Å². The Labute approximate surface area is 320 Å². The lowest BCUT2D eigenvalue weighted by atomic mass is 10.1. The molecule has 0 radical (unpaired) electrons. The quantitative estimate of drug-likeness (QED) is 0.0747. The average molecular weight is 771 g/mol. The third-order valence-electron chi connectivity index (χ3n) is 8.15. The van der Waals surface area contributed by atoms with Crippen molar-refractivity contribution in [3.05, 3.63) is 128 Å². The van der Waals surface area contributed by atoms with E-state index in [2.05, 4.69) is 15.6 Å². The van der Waals surface area contributed by atoms with E-state index in [0.29, 0.717) is 31.2 Å². The van der Waals surface area contributed by atoms with Gasteiger partial charge in [-0.3, -0.25) is 19.8 Å². The molecule has 14 heteroatoms. The number of benzene rings is 4. The van der Waals surface area contributed by atoms with Crippen LogP contribution in [0.4, 0.5) is 11.4 Å². The summed E-state index contributed by atoms with van der Waals surface area (Å²) >= 11 is 12.3. The molecule has 2 heterocycles. The number of carbonyl (C=O) groups is 4. The number of carboxylic acid groups (broad SMARTS) is 1. The molecule has 3 amide bonds. The lowest BCUT2D eigenvalue weighted by molar-refractivity contribution is -0.117. The monoisotopic (exact) mass is 770 g/mol. The number of phenolic OH excluding ortho intramolecular Hbond substituents is 1. The van der Waals surface area contributed by atoms with Gasteiger partial charge in [0.25, 0.3) is 17.7 Å². The van der Waals surface area contributed by atoms with Crippen LogP contribution in [0.1, 0.15) is 46.5 Å². The highest BCUT2D eigenvalue weighted by Crippen LogP contribution is 2.30. The molecule has 2 saturated heterocycles. The molecule has 11 nitrogen and oxygen atoms in total. The highest BCUT2D eigenvalue weighted by Gasteiger charge is 2.35. The van der Waals surface area contributed by atoms with Gasteiger partial charge in [-0.2, -0.15) is 0 Å². The molecule has 4 aromatic rings. The number of nitrogens with one attached hydrogen (secondary N) is 2. The number of aromatic hydroxyl groups is 1. The minimum absolute atomic E-state index is 0.00864. The Morgan fingerprint density at radius 3 is 2.32 bits per heavy atom. The second kappa shape index (κ2) is 17.3. The number of anilines is 2. The van der Waals surface area contributed by atoms with Crippen LogP contribution in [0.2, 0.25) is 5.02 Å². The van der Waals surface area contributed by atoms with Crippen LogP contribution < -0.4 is 25.4 Å². The van der Waals surface area contributed by atoms with Crippen molar-refractivity contribution in [2.45, 2.75) is 27.4 Å². The molecule has 2 fully saturated rings. The van der Waals surface area contributed by atoms with E-state index in [9.17, 15) is 24.3 Å². The smallest absolute Gasteiger partial charge is 0.335 e. The molecular formula is C39H35ClN4O7S2. The molecule has 0 aromatic heterocycles. The fourth-order valence-electron chi connectivity index (χ4n) is 5.25. The van der Waals surface area contributed by atoms with Gasteiger partial charge >= 0.3 is 5.97 Å². The summed E-state index contributed by atoms with van der Waals surface area (Å²) < 4.78 is 6.13. The van der Waals surface area contributed by atoms with Crippen molar-refractivity contribution in [3.8, 4) is 11.5 Å². The van der Waals surface area contributed by atoms with Gasteiger partial charge in [0.15, 0.2) is 0 Å². The number of thiocarbonyl (C=S) groups is 1. The maximum atomic E-state index is 12.7. The number of ether oxygens (including phenoxy) is 1. The lowest BCUT2D eigenvalue weighted by Gasteiger charge is -2.21. The SMILES string of the molecule is CCN(CC)c1ccc(/C=C2/C(=O)NN(c3ccc(C)c(Cl)c3)C2=O)c(O)c1.O=C1NC(=S)S/C1=C/c1ccc(OCc2cccc(C(=O)O)c2)cc1. The van der Waals surface area contributed by atoms with Crippen molar-refractivity contribution in [3.63, 3.8) is 0 Å². The van der Waals surface area contributed by atoms with Crippen LogP contribution in [0.15, 0.2) is 95.4 Å². The molecule has 6 rings (SSSR count). The first-order valence-electron chi connectivity index (χ1n) is 16.4. The van der Waals surface area contributed by atoms with Crippen LogP contribution in [-0.4, -0.2) is 51.3 Å². The van der Waals surface area contributed by atoms with Crippen molar-refractivity contribution in [1.29, 1.82) is 0 Å². The normalized spacial score (nSPS) is 15.3. The Morgan fingerprint density at radius 2 is 1.70 bits per heavy atom. The summed E-state index contributed by atoms with van der Waals surface area (Å²) in [7, 11) is 0. The second-order valence-electron chi connectivity index (χ2n) is 11.7. The highest BCUT2D eigenvalue weighted by molar-refractivity contribution is 8.26. The Kier molecular flexibility index (Phi) is 12.6. The topological polar surface area (TPSA) is 149 Å². The van der Waals surface area contributed by atoms with Crippen molar-refractivity contribution in [2.75, 3.05) is 23.0 Å². The molecule has 0 atom stereocenters. The first-order valence-corrected chi connectivity index (χ1v) is 18.0. The number of hydrogen-bond acceptors (Lipinski definition) is 9. The first-order chi connectivity index (χ1) is 25.4. The van der Waals surface area contributed by atoms with Crippen LogP contribution in [-0.2, 0) is 21.0 Å². The number of amides is 3. The van der Waals surface area contributed by atoms with E-state index in [-0.39, 0.29) is 29.4 Å². The summed E-state index contributed by atoms with van der Waals surface area (Å²) in [5, 5.41) is 23.6. The number of aryl methyl sites for hydroxylation is 1. The van der Waals surface area contributed by atoms with E-state index < -0.39 is 17.8 Å². The van der Waals surface area contributed by atoms with E-state index in [1.807, 2.05) is 45.0 Å². The Hall–Kier alpha value is -5.63. The third-order valence-corrected chi connectivity index (χ3v) is 9.72. The zero-order chi connectivity index (χ0) is 38.2. The zero-order valence-corrected chi connectivity index (χ0v) is 31.3. The predicted molar refractivity (Wildman–Crippen MR) is 212 cm³/mol. The largest absolute Gasteiger partial charge is 0.507 e. The van der Waals surface area contributed by atoms with Crippen molar-refractivity contribution in [1.82, 2.24) is 10.7 Å². The minimum Gasteiger partial charge on any atom is -0.507 e. The summed E-state index contributed by atoms with van der Waals surface area (Å²) in [5.41, 5.74) is 6.97. The van der Waals surface area contributed by atoms with Gasteiger partial charge < -0.3 is 25.2 Å². The Bertz CT molecular complexity index is 2150. The molecule has 53 heavy (non-hydrogen) atoms. The van der Waals surface area contributed by atoms with E-state index in [0.717, 1.165) is 40.5 Å². The number of hydrogen-bond donors (Lipinski definition) is 4. The number of thioether (sulfide) groups is 1. The number of nitrogens with zero attached hydrogens (tertiary/aromatic N) is 2. The molecule has 0 bridgehead atoms. The van der Waals surface area contributed by atoms with Crippen molar-refractivity contribution < 1.29 is 34.1 Å². The molecule has 2 aliphatic heterocycles. The molecular weight excluding hydrogens is 736 g/mol. The third kappa shape index (κ3) is 9.63. The number of aromatic carboxylic acids is 1. The van der Waals surface area contributed by atoms with Gasteiger partial charge in [0, 0.05) is 35.4 Å². The van der Waals surface area contributed by atoms with E-state index >= 15 is 0 Å². The number of phenols is 1. The molecule has 0 spiro atoms. The molecule has 272 valence electrons. The van der Waals surface area contributed by atoms with Gasteiger partial charge in [0.05, 0.1) is 16.2 Å². The van der Waals surface area contributed by atoms with Gasteiger partial charge in [-0.25, -0.2) is 9.80 Å². The molecule has 0 aliphatic carbocycles. The Balaban J connectivity index is 0.000000206. The Morgan fingerprint density at radius 1 is 0.962 bits per heavy atom. The number of rotatable bonds is 10. The fraction of sp³-hybridized carbons (Fsp3) is 0.154. The molecule has 0 unspecified atom stereocenters.